The van der Waals surface area contributed by atoms with E-state index in [1.54, 1.807) is 6.33 Å². The maximum atomic E-state index is 5.97. The summed E-state index contributed by atoms with van der Waals surface area (Å²) in [5.74, 6) is 1.58. The van der Waals surface area contributed by atoms with Crippen LogP contribution in [0, 0.1) is 0 Å². The molecule has 0 saturated heterocycles. The molecule has 0 atom stereocenters. The van der Waals surface area contributed by atoms with Gasteiger partial charge < -0.3 is 15.5 Å². The van der Waals surface area contributed by atoms with Gasteiger partial charge >= 0.3 is 0 Å². The number of anilines is 3. The fourth-order valence-electron chi connectivity index (χ4n) is 2.82. The number of hydrogen-bond donors (Lipinski definition) is 1. The topological polar surface area (TPSA) is 58.3 Å². The van der Waals surface area contributed by atoms with Crippen molar-refractivity contribution in [2.75, 3.05) is 29.2 Å². The summed E-state index contributed by atoms with van der Waals surface area (Å²) in [5, 5.41) is 0. The number of nitrogen functional groups attached to an aromatic ring is 1. The van der Waals surface area contributed by atoms with E-state index in [1.165, 1.54) is 25.7 Å². The highest BCUT2D eigenvalue weighted by atomic mass is 15.4. The Labute approximate surface area is 95.3 Å². The van der Waals surface area contributed by atoms with Gasteiger partial charge in [0.25, 0.3) is 0 Å². The van der Waals surface area contributed by atoms with Crippen molar-refractivity contribution < 1.29 is 0 Å². The number of nitrogens with zero attached hydrogens (tertiary/aromatic N) is 4. The lowest BCUT2D eigenvalue weighted by atomic mass is 10.2. The van der Waals surface area contributed by atoms with E-state index in [0.717, 1.165) is 18.2 Å². The Morgan fingerprint density at radius 1 is 1.31 bits per heavy atom. The SMILES string of the molecule is CN1CN(C2CCCC2)c2c(N)ncnc21. The number of nitrogens with two attached hydrogens (primary N) is 1. The highest BCUT2D eigenvalue weighted by Gasteiger charge is 2.33. The molecule has 5 nitrogen and oxygen atoms in total. The zero-order valence-electron chi connectivity index (χ0n) is 9.56. The Morgan fingerprint density at radius 2 is 2.06 bits per heavy atom. The van der Waals surface area contributed by atoms with Crippen LogP contribution in [0.3, 0.4) is 0 Å². The monoisotopic (exact) mass is 219 g/mol. The maximum Gasteiger partial charge on any atom is 0.159 e. The molecule has 1 aliphatic heterocycles. The minimum atomic E-state index is 0.612. The predicted molar refractivity (Wildman–Crippen MR) is 64.4 cm³/mol. The first-order chi connectivity index (χ1) is 7.77. The van der Waals surface area contributed by atoms with Crippen molar-refractivity contribution in [3.8, 4) is 0 Å². The van der Waals surface area contributed by atoms with Gasteiger partial charge in [0.2, 0.25) is 0 Å². The third kappa shape index (κ3) is 1.31. The highest BCUT2D eigenvalue weighted by molar-refractivity contribution is 5.81. The summed E-state index contributed by atoms with van der Waals surface area (Å²) in [4.78, 5) is 12.9. The first kappa shape index (κ1) is 9.69. The van der Waals surface area contributed by atoms with Crippen LogP contribution in [0.4, 0.5) is 17.3 Å². The van der Waals surface area contributed by atoms with Crippen molar-refractivity contribution in [3.05, 3.63) is 6.33 Å². The molecule has 0 unspecified atom stereocenters. The average molecular weight is 219 g/mol. The molecule has 0 amide bonds. The Morgan fingerprint density at radius 3 is 2.81 bits per heavy atom. The van der Waals surface area contributed by atoms with Crippen molar-refractivity contribution >= 4 is 17.3 Å². The standard InChI is InChI=1S/C11H17N5/c1-15-7-16(8-4-2-3-5-8)9-10(12)13-6-14-11(9)15/h6,8H,2-5,7H2,1H3,(H2,12,13,14). The Bertz CT molecular complexity index is 399. The first-order valence-corrected chi connectivity index (χ1v) is 5.85. The number of aromatic nitrogens is 2. The van der Waals surface area contributed by atoms with Gasteiger partial charge in [0.1, 0.15) is 12.0 Å². The molecule has 1 aromatic heterocycles. The molecule has 1 saturated carbocycles. The second-order valence-electron chi connectivity index (χ2n) is 4.68. The predicted octanol–water partition coefficient (Wildman–Crippen LogP) is 1.22. The van der Waals surface area contributed by atoms with Crippen molar-refractivity contribution in [3.63, 3.8) is 0 Å². The molecule has 0 bridgehead atoms. The lowest BCUT2D eigenvalue weighted by molar-refractivity contribution is 0.621. The summed E-state index contributed by atoms with van der Waals surface area (Å²) in [6, 6.07) is 0.622. The Hall–Kier alpha value is -1.52. The third-order valence-electron chi connectivity index (χ3n) is 3.61. The summed E-state index contributed by atoms with van der Waals surface area (Å²) >= 11 is 0. The van der Waals surface area contributed by atoms with Crippen LogP contribution in [0.5, 0.6) is 0 Å². The molecule has 1 aliphatic carbocycles. The van der Waals surface area contributed by atoms with Crippen LogP contribution in [-0.2, 0) is 0 Å². The molecule has 0 radical (unpaired) electrons. The van der Waals surface area contributed by atoms with Crippen LogP contribution in [0.2, 0.25) is 0 Å². The fraction of sp³-hybridized carbons (Fsp3) is 0.636. The first-order valence-electron chi connectivity index (χ1n) is 5.85. The van der Waals surface area contributed by atoms with Crippen LogP contribution < -0.4 is 15.5 Å². The van der Waals surface area contributed by atoms with E-state index in [1.807, 2.05) is 0 Å². The summed E-state index contributed by atoms with van der Waals surface area (Å²) in [6.07, 6.45) is 6.73. The molecule has 3 rings (SSSR count). The number of hydrogen-bond acceptors (Lipinski definition) is 5. The summed E-state index contributed by atoms with van der Waals surface area (Å²) in [5.41, 5.74) is 7.01. The molecule has 1 aromatic rings. The van der Waals surface area contributed by atoms with Gasteiger partial charge in [-0.2, -0.15) is 0 Å². The largest absolute Gasteiger partial charge is 0.382 e. The van der Waals surface area contributed by atoms with E-state index in [9.17, 15) is 0 Å². The van der Waals surface area contributed by atoms with Crippen molar-refractivity contribution in [2.24, 2.45) is 0 Å². The Kier molecular flexibility index (Phi) is 2.12. The Balaban J connectivity index is 2.00. The van der Waals surface area contributed by atoms with E-state index < -0.39 is 0 Å². The molecule has 1 fully saturated rings. The van der Waals surface area contributed by atoms with Crippen LogP contribution in [0.15, 0.2) is 6.33 Å². The van der Waals surface area contributed by atoms with E-state index in [2.05, 4.69) is 26.8 Å². The van der Waals surface area contributed by atoms with Crippen LogP contribution in [0.1, 0.15) is 25.7 Å². The molecule has 16 heavy (non-hydrogen) atoms. The van der Waals surface area contributed by atoms with Crippen molar-refractivity contribution in [2.45, 2.75) is 31.7 Å². The van der Waals surface area contributed by atoms with Gasteiger partial charge in [0.15, 0.2) is 11.6 Å². The quantitative estimate of drug-likeness (QED) is 0.769. The van der Waals surface area contributed by atoms with E-state index in [0.29, 0.717) is 11.9 Å². The van der Waals surface area contributed by atoms with Crippen molar-refractivity contribution in [1.29, 1.82) is 0 Å². The minimum absolute atomic E-state index is 0.612. The lowest BCUT2D eigenvalue weighted by Crippen LogP contribution is -2.36. The van der Waals surface area contributed by atoms with Gasteiger partial charge in [0, 0.05) is 13.1 Å². The highest BCUT2D eigenvalue weighted by Crippen LogP contribution is 2.40. The second-order valence-corrected chi connectivity index (χ2v) is 4.68. The van der Waals surface area contributed by atoms with Crippen LogP contribution in [0.25, 0.3) is 0 Å². The smallest absolute Gasteiger partial charge is 0.159 e. The second kappa shape index (κ2) is 3.50. The summed E-state index contributed by atoms with van der Waals surface area (Å²) < 4.78 is 0. The normalized spacial score (nSPS) is 20.6. The van der Waals surface area contributed by atoms with E-state index in [-0.39, 0.29) is 0 Å². The van der Waals surface area contributed by atoms with Gasteiger partial charge in [-0.3, -0.25) is 0 Å². The van der Waals surface area contributed by atoms with E-state index in [4.69, 9.17) is 5.73 Å². The molecule has 5 heteroatoms. The van der Waals surface area contributed by atoms with Crippen LogP contribution in [-0.4, -0.2) is 29.7 Å². The molecular weight excluding hydrogens is 202 g/mol. The number of rotatable bonds is 1. The zero-order chi connectivity index (χ0) is 11.1. The van der Waals surface area contributed by atoms with Gasteiger partial charge in [-0.1, -0.05) is 12.8 Å². The molecule has 0 spiro atoms. The lowest BCUT2D eigenvalue weighted by Gasteiger charge is -2.26. The molecular formula is C11H17N5. The maximum absolute atomic E-state index is 5.97. The fourth-order valence-corrected chi connectivity index (χ4v) is 2.82. The summed E-state index contributed by atoms with van der Waals surface area (Å²) in [7, 11) is 2.06. The molecule has 2 aliphatic rings. The molecule has 2 N–H and O–H groups in total. The van der Waals surface area contributed by atoms with Gasteiger partial charge in [-0.25, -0.2) is 9.97 Å². The van der Waals surface area contributed by atoms with E-state index >= 15 is 0 Å². The average Bonchev–Trinajstić information content (AvgIpc) is 2.87. The van der Waals surface area contributed by atoms with Crippen molar-refractivity contribution in [1.82, 2.24) is 9.97 Å². The summed E-state index contributed by atoms with van der Waals surface area (Å²) in [6.45, 7) is 0.892. The van der Waals surface area contributed by atoms with Gasteiger partial charge in [-0.05, 0) is 12.8 Å². The number of fused-ring (bicyclic) bond motifs is 1. The molecule has 2 heterocycles. The van der Waals surface area contributed by atoms with Gasteiger partial charge in [-0.15, -0.1) is 0 Å². The minimum Gasteiger partial charge on any atom is -0.382 e. The molecule has 86 valence electrons. The van der Waals surface area contributed by atoms with Gasteiger partial charge in [0.05, 0.1) is 6.67 Å². The zero-order valence-corrected chi connectivity index (χ0v) is 9.56. The third-order valence-corrected chi connectivity index (χ3v) is 3.61. The van der Waals surface area contributed by atoms with Crippen LogP contribution >= 0.6 is 0 Å². The molecule has 0 aromatic carbocycles.